The molecule has 11 nitrogen and oxygen atoms in total. The molecule has 13 heteroatoms. The number of benzene rings is 1. The summed E-state index contributed by atoms with van der Waals surface area (Å²) in [4.78, 5) is 27.5. The number of piperidine rings is 1. The number of amides is 1. The van der Waals surface area contributed by atoms with Crippen LogP contribution in [0.5, 0.6) is 5.75 Å². The Hall–Kier alpha value is -2.61. The van der Waals surface area contributed by atoms with Crippen LogP contribution in [0.25, 0.3) is 0 Å². The normalized spacial score (nSPS) is 20.8. The quantitative estimate of drug-likeness (QED) is 0.241. The third-order valence-electron chi connectivity index (χ3n) is 9.03. The summed E-state index contributed by atoms with van der Waals surface area (Å²) in [6.45, 7) is 3.44. The third kappa shape index (κ3) is 7.55. The highest BCUT2D eigenvalue weighted by Gasteiger charge is 2.55. The first-order valence-electron chi connectivity index (χ1n) is 15.0. The zero-order chi connectivity index (χ0) is 30.6. The molecule has 3 aliphatic heterocycles. The summed E-state index contributed by atoms with van der Waals surface area (Å²) in [5.74, 6) is 1.14. The standard InChI is InChI=1S/C30H41ClFN5O6/c31-22-14-33-29(34-15-22)36-8-5-20(6-9-36)2-1-11-43-23-4-3-21(24(32)13-23)12-27(41)37-10-7-30(37)18-35(19-30)16-25(39)28(42)26(40)17-38/h3-4,13-15,20,25-26,28,38-40,42H,1-2,5-12,16-19H2. The van der Waals surface area contributed by atoms with Gasteiger partial charge in [0, 0.05) is 45.3 Å². The zero-order valence-electron chi connectivity index (χ0n) is 24.2. The van der Waals surface area contributed by atoms with E-state index in [-0.39, 0.29) is 24.4 Å². The van der Waals surface area contributed by atoms with Gasteiger partial charge in [-0.05, 0) is 49.7 Å². The topological polar surface area (TPSA) is 143 Å². The molecule has 0 bridgehead atoms. The second-order valence-corrected chi connectivity index (χ2v) is 12.5. The molecule has 236 valence electrons. The van der Waals surface area contributed by atoms with Gasteiger partial charge < -0.3 is 35.0 Å². The molecule has 0 aliphatic carbocycles. The number of β-amino-alcohol motifs (C(OH)–C–C–N with tert-alkyl or cyclic N) is 1. The maximum Gasteiger partial charge on any atom is 0.227 e. The maximum atomic E-state index is 14.9. The van der Waals surface area contributed by atoms with Crippen molar-refractivity contribution >= 4 is 23.5 Å². The smallest absolute Gasteiger partial charge is 0.227 e. The van der Waals surface area contributed by atoms with Crippen molar-refractivity contribution in [3.63, 3.8) is 0 Å². The van der Waals surface area contributed by atoms with Gasteiger partial charge in [0.1, 0.15) is 23.8 Å². The fourth-order valence-corrected chi connectivity index (χ4v) is 6.48. The number of aromatic nitrogens is 2. The molecule has 1 spiro atoms. The molecular weight excluding hydrogens is 581 g/mol. The zero-order valence-corrected chi connectivity index (χ0v) is 24.9. The van der Waals surface area contributed by atoms with Crippen molar-refractivity contribution in [2.75, 3.05) is 57.4 Å². The lowest BCUT2D eigenvalue weighted by atomic mass is 9.76. The molecule has 4 N–H and O–H groups in total. The highest BCUT2D eigenvalue weighted by molar-refractivity contribution is 6.30. The number of ether oxygens (including phenoxy) is 1. The molecule has 3 atom stereocenters. The Morgan fingerprint density at radius 2 is 1.84 bits per heavy atom. The Balaban J connectivity index is 1.00. The van der Waals surface area contributed by atoms with E-state index in [1.807, 2.05) is 4.90 Å². The van der Waals surface area contributed by atoms with Crippen molar-refractivity contribution in [2.45, 2.75) is 62.4 Å². The van der Waals surface area contributed by atoms with Gasteiger partial charge >= 0.3 is 0 Å². The maximum absolute atomic E-state index is 14.9. The molecule has 1 aromatic heterocycles. The number of rotatable bonds is 13. The van der Waals surface area contributed by atoms with Crippen molar-refractivity contribution in [1.29, 1.82) is 0 Å². The number of aliphatic hydroxyl groups is 4. The second-order valence-electron chi connectivity index (χ2n) is 12.0. The fourth-order valence-electron chi connectivity index (χ4n) is 6.38. The molecular formula is C30H41ClFN5O6. The van der Waals surface area contributed by atoms with E-state index >= 15 is 0 Å². The molecule has 4 heterocycles. The van der Waals surface area contributed by atoms with Gasteiger partial charge in [0.05, 0.1) is 48.7 Å². The van der Waals surface area contributed by atoms with E-state index < -0.39 is 30.7 Å². The van der Waals surface area contributed by atoms with E-state index in [0.29, 0.717) is 54.4 Å². The number of anilines is 1. The number of halogens is 2. The van der Waals surface area contributed by atoms with E-state index in [0.717, 1.165) is 45.2 Å². The third-order valence-corrected chi connectivity index (χ3v) is 9.22. The van der Waals surface area contributed by atoms with Crippen LogP contribution in [-0.4, -0.2) is 122 Å². The van der Waals surface area contributed by atoms with E-state index in [9.17, 15) is 24.5 Å². The lowest BCUT2D eigenvalue weighted by molar-refractivity contribution is -0.171. The van der Waals surface area contributed by atoms with Gasteiger partial charge in [-0.15, -0.1) is 0 Å². The number of likely N-dealkylation sites (tertiary alicyclic amines) is 2. The van der Waals surface area contributed by atoms with E-state index in [1.54, 1.807) is 29.4 Å². The van der Waals surface area contributed by atoms with Crippen LogP contribution < -0.4 is 9.64 Å². The minimum absolute atomic E-state index is 0.0440. The molecule has 3 fully saturated rings. The Kier molecular flexibility index (Phi) is 10.4. The van der Waals surface area contributed by atoms with Crippen LogP contribution in [-0.2, 0) is 11.2 Å². The van der Waals surface area contributed by atoms with Crippen molar-refractivity contribution in [2.24, 2.45) is 5.92 Å². The van der Waals surface area contributed by atoms with Crippen molar-refractivity contribution < 1.29 is 34.3 Å². The van der Waals surface area contributed by atoms with E-state index in [1.165, 1.54) is 6.07 Å². The van der Waals surface area contributed by atoms with Crippen LogP contribution in [0.3, 0.4) is 0 Å². The Morgan fingerprint density at radius 3 is 2.47 bits per heavy atom. The first-order chi connectivity index (χ1) is 20.7. The van der Waals surface area contributed by atoms with Gasteiger partial charge in [-0.2, -0.15) is 0 Å². The second kappa shape index (κ2) is 14.0. The number of carbonyl (C=O) groups is 1. The molecule has 2 aromatic rings. The van der Waals surface area contributed by atoms with Crippen LogP contribution in [0.2, 0.25) is 5.02 Å². The van der Waals surface area contributed by atoms with Crippen LogP contribution in [0.4, 0.5) is 10.3 Å². The Morgan fingerprint density at radius 1 is 1.12 bits per heavy atom. The minimum atomic E-state index is -1.45. The van der Waals surface area contributed by atoms with Crippen LogP contribution in [0.15, 0.2) is 30.6 Å². The molecule has 3 aliphatic rings. The number of hydrogen-bond acceptors (Lipinski definition) is 10. The van der Waals surface area contributed by atoms with Crippen LogP contribution >= 0.6 is 11.6 Å². The summed E-state index contributed by atoms with van der Waals surface area (Å²) in [5.41, 5.74) is -0.0135. The van der Waals surface area contributed by atoms with Gasteiger partial charge in [0.2, 0.25) is 11.9 Å². The number of carbonyl (C=O) groups excluding carboxylic acids is 1. The number of nitrogens with zero attached hydrogens (tertiary/aromatic N) is 5. The average molecular weight is 622 g/mol. The summed E-state index contributed by atoms with van der Waals surface area (Å²) in [7, 11) is 0. The van der Waals surface area contributed by atoms with Crippen molar-refractivity contribution in [1.82, 2.24) is 19.8 Å². The van der Waals surface area contributed by atoms with E-state index in [4.69, 9.17) is 21.4 Å². The van der Waals surface area contributed by atoms with Crippen molar-refractivity contribution in [3.05, 3.63) is 47.0 Å². The predicted molar refractivity (Wildman–Crippen MR) is 157 cm³/mol. The average Bonchev–Trinajstić information content (AvgIpc) is 2.97. The molecule has 1 amide bonds. The summed E-state index contributed by atoms with van der Waals surface area (Å²) in [5, 5.41) is 39.0. The van der Waals surface area contributed by atoms with Gasteiger partial charge in [0.25, 0.3) is 0 Å². The van der Waals surface area contributed by atoms with Gasteiger partial charge in [0.15, 0.2) is 0 Å². The summed E-state index contributed by atoms with van der Waals surface area (Å²) in [6.07, 6.45) is 3.94. The minimum Gasteiger partial charge on any atom is -0.493 e. The lowest BCUT2D eigenvalue weighted by Gasteiger charge is -2.63. The largest absolute Gasteiger partial charge is 0.493 e. The highest BCUT2D eigenvalue weighted by atomic mass is 35.5. The van der Waals surface area contributed by atoms with Gasteiger partial charge in [-0.25, -0.2) is 14.4 Å². The molecule has 3 unspecified atom stereocenters. The highest BCUT2D eigenvalue weighted by Crippen LogP contribution is 2.40. The summed E-state index contributed by atoms with van der Waals surface area (Å²) in [6, 6.07) is 4.67. The van der Waals surface area contributed by atoms with Crippen LogP contribution in [0, 0.1) is 11.7 Å². The molecule has 43 heavy (non-hydrogen) atoms. The van der Waals surface area contributed by atoms with Gasteiger partial charge in [-0.1, -0.05) is 17.7 Å². The molecule has 0 radical (unpaired) electrons. The summed E-state index contributed by atoms with van der Waals surface area (Å²) >= 11 is 5.88. The fraction of sp³-hybridized carbons (Fsp3) is 0.633. The Labute approximate surface area is 255 Å². The molecule has 5 rings (SSSR count). The van der Waals surface area contributed by atoms with Crippen LogP contribution in [0.1, 0.15) is 37.7 Å². The number of hydrogen-bond donors (Lipinski definition) is 4. The first kappa shape index (κ1) is 31.8. The molecule has 1 aromatic carbocycles. The molecule has 3 saturated heterocycles. The lowest BCUT2D eigenvalue weighted by Crippen LogP contribution is -2.78. The van der Waals surface area contributed by atoms with E-state index in [2.05, 4.69) is 14.9 Å². The summed E-state index contributed by atoms with van der Waals surface area (Å²) < 4.78 is 20.7. The monoisotopic (exact) mass is 621 g/mol. The SMILES string of the molecule is O=C(Cc1ccc(OCCCC2CCN(c3ncc(Cl)cn3)CC2)cc1F)N1CCC12CN(CC(O)C(O)C(O)CO)C2. The first-order valence-corrected chi connectivity index (χ1v) is 15.4. The van der Waals surface area contributed by atoms with Gasteiger partial charge in [-0.3, -0.25) is 9.69 Å². The Bertz CT molecular complexity index is 1230. The molecule has 0 saturated carbocycles. The number of aliphatic hydroxyl groups excluding tert-OH is 4. The predicted octanol–water partition coefficient (Wildman–Crippen LogP) is 1.25. The van der Waals surface area contributed by atoms with Crippen molar-refractivity contribution in [3.8, 4) is 5.75 Å².